The van der Waals surface area contributed by atoms with E-state index >= 15 is 0 Å². The van der Waals surface area contributed by atoms with Crippen molar-refractivity contribution in [2.45, 2.75) is 61.9 Å². The quantitative estimate of drug-likeness (QED) is 0.858. The first-order valence-electron chi connectivity index (χ1n) is 9.45. The molecule has 3 aliphatic heterocycles. The summed E-state index contributed by atoms with van der Waals surface area (Å²) in [5.41, 5.74) is 4.13. The second-order valence-electron chi connectivity index (χ2n) is 8.72. The summed E-state index contributed by atoms with van der Waals surface area (Å²) in [6, 6.07) is 7.53. The van der Waals surface area contributed by atoms with Crippen molar-refractivity contribution in [3.05, 3.63) is 23.8 Å². The molecule has 3 aliphatic carbocycles. The largest absolute Gasteiger partial charge is 0.495 e. The molecule has 0 aromatic heterocycles. The van der Waals surface area contributed by atoms with Crippen LogP contribution in [0, 0.1) is 5.41 Å². The summed E-state index contributed by atoms with van der Waals surface area (Å²) in [6.07, 6.45) is 9.79. The second-order valence-corrected chi connectivity index (χ2v) is 8.72. The molecule has 3 heterocycles. The minimum absolute atomic E-state index is 0.294. The molecule has 2 saturated heterocycles. The Morgan fingerprint density at radius 2 is 1.96 bits per heavy atom. The number of anilines is 1. The zero-order valence-electron chi connectivity index (χ0n) is 14.0. The van der Waals surface area contributed by atoms with Gasteiger partial charge in [-0.05, 0) is 75.1 Å². The van der Waals surface area contributed by atoms with Crippen molar-refractivity contribution < 1.29 is 4.74 Å². The smallest absolute Gasteiger partial charge is 0.142 e. The van der Waals surface area contributed by atoms with E-state index in [1.54, 1.807) is 5.56 Å². The third kappa shape index (κ3) is 1.21. The Balaban J connectivity index is 1.64. The fourth-order valence-corrected chi connectivity index (χ4v) is 7.68. The number of ether oxygens (including phenoxy) is 1. The van der Waals surface area contributed by atoms with E-state index in [1.807, 2.05) is 7.11 Å². The van der Waals surface area contributed by atoms with Gasteiger partial charge in [-0.25, -0.2) is 0 Å². The summed E-state index contributed by atoms with van der Waals surface area (Å²) in [5, 5.41) is 4.05. The number of methoxy groups -OCH3 is 1. The maximum Gasteiger partial charge on any atom is 0.142 e. The Hall–Kier alpha value is -1.22. The van der Waals surface area contributed by atoms with Crippen LogP contribution < -0.4 is 10.1 Å². The van der Waals surface area contributed by atoms with Crippen LogP contribution in [0.3, 0.4) is 0 Å². The molecule has 1 N–H and O–H groups in total. The number of rotatable bonds is 1. The van der Waals surface area contributed by atoms with Crippen LogP contribution in [0.15, 0.2) is 18.2 Å². The lowest BCUT2D eigenvalue weighted by molar-refractivity contribution is -0.0987. The third-order valence-electron chi connectivity index (χ3n) is 8.37. The molecule has 23 heavy (non-hydrogen) atoms. The molecule has 3 nitrogen and oxygen atoms in total. The van der Waals surface area contributed by atoms with Crippen LogP contribution >= 0.6 is 0 Å². The summed E-state index contributed by atoms with van der Waals surface area (Å²) in [6.45, 7) is 2.62. The lowest BCUT2D eigenvalue weighted by atomic mass is 9.42. The number of nitrogens with one attached hydrogen (secondary N) is 1. The van der Waals surface area contributed by atoms with E-state index in [0.29, 0.717) is 16.4 Å². The van der Waals surface area contributed by atoms with Crippen LogP contribution in [0.2, 0.25) is 0 Å². The summed E-state index contributed by atoms with van der Waals surface area (Å²) in [7, 11) is 1.81. The van der Waals surface area contributed by atoms with Gasteiger partial charge in [0, 0.05) is 17.0 Å². The van der Waals surface area contributed by atoms with Gasteiger partial charge in [-0.15, -0.1) is 0 Å². The Morgan fingerprint density at radius 3 is 2.78 bits per heavy atom. The van der Waals surface area contributed by atoms with Gasteiger partial charge in [0.05, 0.1) is 12.8 Å². The van der Waals surface area contributed by atoms with E-state index in [0.717, 1.165) is 11.8 Å². The molecule has 3 spiro atoms. The molecular weight excluding hydrogens is 284 g/mol. The summed E-state index contributed by atoms with van der Waals surface area (Å²) >= 11 is 0. The summed E-state index contributed by atoms with van der Waals surface area (Å²) in [4.78, 5) is 2.87. The van der Waals surface area contributed by atoms with Gasteiger partial charge in [0.25, 0.3) is 0 Å². The van der Waals surface area contributed by atoms with Gasteiger partial charge in [0.15, 0.2) is 0 Å². The molecule has 6 aliphatic rings. The lowest BCUT2D eigenvalue weighted by Gasteiger charge is -2.67. The predicted molar refractivity (Wildman–Crippen MR) is 91.1 cm³/mol. The van der Waals surface area contributed by atoms with Crippen LogP contribution in [0.4, 0.5) is 5.69 Å². The highest BCUT2D eigenvalue weighted by atomic mass is 16.5. The molecule has 0 radical (unpaired) electrons. The summed E-state index contributed by atoms with van der Waals surface area (Å²) < 4.78 is 5.73. The molecule has 7 rings (SSSR count). The maximum absolute atomic E-state index is 5.73. The normalized spacial score (nSPS) is 46.0. The molecule has 1 aromatic rings. The molecule has 122 valence electrons. The van der Waals surface area contributed by atoms with Crippen LogP contribution in [0.1, 0.15) is 50.5 Å². The maximum atomic E-state index is 5.73. The van der Waals surface area contributed by atoms with Gasteiger partial charge in [0.1, 0.15) is 5.75 Å². The van der Waals surface area contributed by atoms with Gasteiger partial charge in [-0.1, -0.05) is 12.1 Å². The number of fused-ring (bicyclic) bond motifs is 3. The second kappa shape index (κ2) is 3.88. The van der Waals surface area contributed by atoms with E-state index in [2.05, 4.69) is 28.4 Å². The topological polar surface area (TPSA) is 24.5 Å². The fraction of sp³-hybridized carbons (Fsp3) is 0.700. The Morgan fingerprint density at radius 1 is 1.09 bits per heavy atom. The highest BCUT2D eigenvalue weighted by molar-refractivity contribution is 5.74. The van der Waals surface area contributed by atoms with Crippen molar-refractivity contribution in [3.8, 4) is 5.75 Å². The van der Waals surface area contributed by atoms with Crippen molar-refractivity contribution in [1.29, 1.82) is 0 Å². The monoisotopic (exact) mass is 310 g/mol. The van der Waals surface area contributed by atoms with Crippen molar-refractivity contribution in [2.24, 2.45) is 5.41 Å². The molecule has 2 bridgehead atoms. The number of piperidine rings is 1. The lowest BCUT2D eigenvalue weighted by Crippen LogP contribution is -2.72. The van der Waals surface area contributed by atoms with Gasteiger partial charge in [0.2, 0.25) is 0 Å². The number of hydrogen-bond acceptors (Lipinski definition) is 3. The minimum Gasteiger partial charge on any atom is -0.495 e. The van der Waals surface area contributed by atoms with Gasteiger partial charge in [-0.2, -0.15) is 0 Å². The first-order chi connectivity index (χ1) is 11.2. The standard InChI is InChI=1S/C20H26N2O/c1-23-15-5-2-4-14-16(15)21-19-9-7-18(8-10-19)6-3-12-22-13-11-20(14,19)17(18)22/h2,4-5,17,21H,3,6-13H2,1H3. The average Bonchev–Trinajstić information content (AvgIpc) is 3.13. The van der Waals surface area contributed by atoms with Crippen LogP contribution in [-0.4, -0.2) is 36.7 Å². The van der Waals surface area contributed by atoms with Crippen molar-refractivity contribution in [2.75, 3.05) is 25.5 Å². The van der Waals surface area contributed by atoms with E-state index in [1.165, 1.54) is 63.7 Å². The first-order valence-corrected chi connectivity index (χ1v) is 9.45. The molecule has 1 aromatic carbocycles. The number of hydrogen-bond donors (Lipinski definition) is 1. The molecule has 3 saturated carbocycles. The van der Waals surface area contributed by atoms with E-state index in [-0.39, 0.29) is 0 Å². The van der Waals surface area contributed by atoms with E-state index < -0.39 is 0 Å². The van der Waals surface area contributed by atoms with E-state index in [4.69, 9.17) is 4.74 Å². The average molecular weight is 310 g/mol. The molecule has 2 atom stereocenters. The highest BCUT2D eigenvalue weighted by Crippen LogP contribution is 2.73. The van der Waals surface area contributed by atoms with Gasteiger partial charge >= 0.3 is 0 Å². The van der Waals surface area contributed by atoms with Crippen LogP contribution in [0.5, 0.6) is 5.75 Å². The van der Waals surface area contributed by atoms with Gasteiger partial charge in [-0.3, -0.25) is 4.90 Å². The Labute approximate surface area is 138 Å². The third-order valence-corrected chi connectivity index (χ3v) is 8.37. The molecule has 5 fully saturated rings. The predicted octanol–water partition coefficient (Wildman–Crippen LogP) is 3.54. The Kier molecular flexibility index (Phi) is 2.21. The molecule has 0 amide bonds. The first kappa shape index (κ1) is 13.1. The molecule has 3 heteroatoms. The van der Waals surface area contributed by atoms with E-state index in [9.17, 15) is 0 Å². The van der Waals surface area contributed by atoms with Crippen molar-refractivity contribution >= 4 is 5.69 Å². The summed E-state index contributed by atoms with van der Waals surface area (Å²) in [5.74, 6) is 1.05. The number of para-hydroxylation sites is 1. The zero-order chi connectivity index (χ0) is 15.3. The zero-order valence-corrected chi connectivity index (χ0v) is 14.0. The number of nitrogens with zero attached hydrogens (tertiary/aromatic N) is 1. The Bertz CT molecular complexity index is 691. The number of benzene rings is 1. The SMILES string of the molecule is COc1cccc2c1NC13CCC4(CCCN5CCC21C54)CC3. The fourth-order valence-electron chi connectivity index (χ4n) is 7.68. The minimum atomic E-state index is 0.294. The van der Waals surface area contributed by atoms with Crippen molar-refractivity contribution in [1.82, 2.24) is 4.90 Å². The molecule has 2 unspecified atom stereocenters. The molecular formula is C20H26N2O. The highest BCUT2D eigenvalue weighted by Gasteiger charge is 2.75. The van der Waals surface area contributed by atoms with Crippen LogP contribution in [-0.2, 0) is 5.41 Å². The van der Waals surface area contributed by atoms with Crippen LogP contribution in [0.25, 0.3) is 0 Å². The van der Waals surface area contributed by atoms with Gasteiger partial charge < -0.3 is 10.1 Å². The van der Waals surface area contributed by atoms with Crippen molar-refractivity contribution in [3.63, 3.8) is 0 Å².